The minimum Gasteiger partial charge on any atom is -0.353 e. The SMILES string of the molecule is N#Cc1ccc(Nc2ccc(Br)cc2C#N)cn1. The molecule has 5 heteroatoms. The molecule has 0 bridgehead atoms. The highest BCUT2D eigenvalue weighted by atomic mass is 79.9. The third-order valence-electron chi connectivity index (χ3n) is 2.26. The van der Waals surface area contributed by atoms with Crippen molar-refractivity contribution >= 4 is 27.3 Å². The van der Waals surface area contributed by atoms with E-state index in [0.717, 1.165) is 10.2 Å². The summed E-state index contributed by atoms with van der Waals surface area (Å²) >= 11 is 3.31. The van der Waals surface area contributed by atoms with Crippen LogP contribution in [0.2, 0.25) is 0 Å². The first-order chi connectivity index (χ1) is 8.72. The number of hydrogen-bond acceptors (Lipinski definition) is 4. The van der Waals surface area contributed by atoms with Gasteiger partial charge >= 0.3 is 0 Å². The van der Waals surface area contributed by atoms with Gasteiger partial charge in [-0.2, -0.15) is 10.5 Å². The van der Waals surface area contributed by atoms with Crippen molar-refractivity contribution in [2.24, 2.45) is 0 Å². The topological polar surface area (TPSA) is 72.5 Å². The van der Waals surface area contributed by atoms with Crippen molar-refractivity contribution in [3.63, 3.8) is 0 Å². The summed E-state index contributed by atoms with van der Waals surface area (Å²) < 4.78 is 0.850. The van der Waals surface area contributed by atoms with Crippen LogP contribution in [0.15, 0.2) is 41.0 Å². The molecule has 0 saturated carbocycles. The van der Waals surface area contributed by atoms with Crippen LogP contribution in [-0.4, -0.2) is 4.98 Å². The summed E-state index contributed by atoms with van der Waals surface area (Å²) in [5, 5.41) is 20.8. The molecule has 0 radical (unpaired) electrons. The molecule has 0 spiro atoms. The van der Waals surface area contributed by atoms with Gasteiger partial charge in [0.15, 0.2) is 0 Å². The van der Waals surface area contributed by atoms with Gasteiger partial charge in [-0.15, -0.1) is 0 Å². The van der Waals surface area contributed by atoms with E-state index in [0.29, 0.717) is 16.9 Å². The third-order valence-corrected chi connectivity index (χ3v) is 2.75. The summed E-state index contributed by atoms with van der Waals surface area (Å²) in [7, 11) is 0. The summed E-state index contributed by atoms with van der Waals surface area (Å²) in [6, 6.07) is 12.8. The quantitative estimate of drug-likeness (QED) is 0.923. The standard InChI is InChI=1S/C13H7BrN4/c14-10-1-4-13(9(5-10)6-15)18-12-3-2-11(7-16)17-8-12/h1-5,8,18H. The fraction of sp³-hybridized carbons (Fsp3) is 0. The number of nitrogens with one attached hydrogen (secondary N) is 1. The molecule has 0 saturated heterocycles. The number of nitrogens with zero attached hydrogens (tertiary/aromatic N) is 3. The van der Waals surface area contributed by atoms with Crippen LogP contribution in [0.1, 0.15) is 11.3 Å². The van der Waals surface area contributed by atoms with Gasteiger partial charge < -0.3 is 5.32 Å². The molecule has 86 valence electrons. The predicted molar refractivity (Wildman–Crippen MR) is 71.1 cm³/mol. The Balaban J connectivity index is 2.29. The molecule has 1 aromatic carbocycles. The van der Waals surface area contributed by atoms with Gasteiger partial charge in [0.2, 0.25) is 0 Å². The van der Waals surface area contributed by atoms with Crippen molar-refractivity contribution in [2.45, 2.75) is 0 Å². The van der Waals surface area contributed by atoms with Crippen LogP contribution in [0.4, 0.5) is 11.4 Å². The smallest absolute Gasteiger partial charge is 0.140 e. The first-order valence-electron chi connectivity index (χ1n) is 5.06. The van der Waals surface area contributed by atoms with Gasteiger partial charge in [0.05, 0.1) is 23.1 Å². The number of anilines is 2. The van der Waals surface area contributed by atoms with E-state index in [1.165, 1.54) is 0 Å². The van der Waals surface area contributed by atoms with Crippen LogP contribution in [0.3, 0.4) is 0 Å². The number of halogens is 1. The maximum absolute atomic E-state index is 9.03. The molecule has 0 fully saturated rings. The number of hydrogen-bond donors (Lipinski definition) is 1. The van der Waals surface area contributed by atoms with E-state index >= 15 is 0 Å². The van der Waals surface area contributed by atoms with E-state index < -0.39 is 0 Å². The predicted octanol–water partition coefficient (Wildman–Crippen LogP) is 3.33. The Bertz CT molecular complexity index is 650. The number of rotatable bonds is 2. The van der Waals surface area contributed by atoms with Gasteiger partial charge in [-0.1, -0.05) is 15.9 Å². The van der Waals surface area contributed by atoms with E-state index in [1.54, 1.807) is 30.5 Å². The molecule has 0 aliphatic carbocycles. The molecule has 1 N–H and O–H groups in total. The molecule has 18 heavy (non-hydrogen) atoms. The zero-order valence-electron chi connectivity index (χ0n) is 9.18. The highest BCUT2D eigenvalue weighted by molar-refractivity contribution is 9.10. The number of benzene rings is 1. The molecule has 1 heterocycles. The minimum absolute atomic E-state index is 0.358. The summed E-state index contributed by atoms with van der Waals surface area (Å²) in [4.78, 5) is 3.95. The van der Waals surface area contributed by atoms with Crippen molar-refractivity contribution in [2.75, 3.05) is 5.32 Å². The fourth-order valence-electron chi connectivity index (χ4n) is 1.41. The van der Waals surface area contributed by atoms with Crippen molar-refractivity contribution in [1.82, 2.24) is 4.98 Å². The van der Waals surface area contributed by atoms with Crippen molar-refractivity contribution in [3.05, 3.63) is 52.3 Å². The Morgan fingerprint density at radius 1 is 1.11 bits per heavy atom. The zero-order valence-corrected chi connectivity index (χ0v) is 10.8. The van der Waals surface area contributed by atoms with Crippen LogP contribution in [-0.2, 0) is 0 Å². The highest BCUT2D eigenvalue weighted by Crippen LogP contribution is 2.23. The lowest BCUT2D eigenvalue weighted by Crippen LogP contribution is -1.94. The summed E-state index contributed by atoms with van der Waals surface area (Å²) in [6.45, 7) is 0. The maximum Gasteiger partial charge on any atom is 0.140 e. The molecule has 0 unspecified atom stereocenters. The Morgan fingerprint density at radius 2 is 1.94 bits per heavy atom. The van der Waals surface area contributed by atoms with Crippen LogP contribution >= 0.6 is 15.9 Å². The number of aromatic nitrogens is 1. The molecule has 1 aromatic heterocycles. The molecule has 4 nitrogen and oxygen atoms in total. The Hall–Kier alpha value is -2.37. The van der Waals surface area contributed by atoms with E-state index in [4.69, 9.17) is 10.5 Å². The lowest BCUT2D eigenvalue weighted by Gasteiger charge is -2.07. The van der Waals surface area contributed by atoms with E-state index in [2.05, 4.69) is 32.3 Å². The molecule has 0 atom stereocenters. The molecular formula is C13H7BrN4. The van der Waals surface area contributed by atoms with Gasteiger partial charge in [0.25, 0.3) is 0 Å². The monoisotopic (exact) mass is 298 g/mol. The normalized spacial score (nSPS) is 9.28. The Labute approximate surface area is 113 Å². The average molecular weight is 299 g/mol. The highest BCUT2D eigenvalue weighted by Gasteiger charge is 2.03. The second-order valence-corrected chi connectivity index (χ2v) is 4.39. The van der Waals surface area contributed by atoms with Gasteiger partial charge in [0.1, 0.15) is 17.8 Å². The van der Waals surface area contributed by atoms with Crippen LogP contribution in [0, 0.1) is 22.7 Å². The number of nitriles is 2. The molecule has 0 amide bonds. The summed E-state index contributed by atoms with van der Waals surface area (Å²) in [5.41, 5.74) is 2.32. The molecule has 0 aliphatic heterocycles. The Morgan fingerprint density at radius 3 is 2.56 bits per heavy atom. The van der Waals surface area contributed by atoms with Gasteiger partial charge in [-0.25, -0.2) is 4.98 Å². The van der Waals surface area contributed by atoms with Crippen LogP contribution < -0.4 is 5.32 Å². The fourth-order valence-corrected chi connectivity index (χ4v) is 1.77. The van der Waals surface area contributed by atoms with E-state index in [-0.39, 0.29) is 0 Å². The second kappa shape index (κ2) is 5.31. The maximum atomic E-state index is 9.03. The van der Waals surface area contributed by atoms with Gasteiger partial charge in [-0.3, -0.25) is 0 Å². The second-order valence-electron chi connectivity index (χ2n) is 3.47. The van der Waals surface area contributed by atoms with E-state index in [9.17, 15) is 0 Å². The lowest BCUT2D eigenvalue weighted by molar-refractivity contribution is 1.26. The summed E-state index contributed by atoms with van der Waals surface area (Å²) in [5.74, 6) is 0. The Kier molecular flexibility index (Phi) is 3.57. The first kappa shape index (κ1) is 12.1. The van der Waals surface area contributed by atoms with Crippen molar-refractivity contribution in [1.29, 1.82) is 10.5 Å². The third kappa shape index (κ3) is 2.65. The molecule has 2 aromatic rings. The van der Waals surface area contributed by atoms with Crippen molar-refractivity contribution < 1.29 is 0 Å². The largest absolute Gasteiger partial charge is 0.353 e. The van der Waals surface area contributed by atoms with E-state index in [1.807, 2.05) is 12.1 Å². The van der Waals surface area contributed by atoms with Gasteiger partial charge in [0, 0.05) is 4.47 Å². The lowest BCUT2D eigenvalue weighted by atomic mass is 10.2. The molecule has 2 rings (SSSR count). The van der Waals surface area contributed by atoms with Crippen molar-refractivity contribution in [3.8, 4) is 12.1 Å². The van der Waals surface area contributed by atoms with Gasteiger partial charge in [-0.05, 0) is 30.3 Å². The molecule has 0 aliphatic rings. The minimum atomic E-state index is 0.358. The first-order valence-corrected chi connectivity index (χ1v) is 5.85. The average Bonchev–Trinajstić information content (AvgIpc) is 2.41. The van der Waals surface area contributed by atoms with Crippen LogP contribution in [0.25, 0.3) is 0 Å². The van der Waals surface area contributed by atoms with Crippen LogP contribution in [0.5, 0.6) is 0 Å². The summed E-state index contributed by atoms with van der Waals surface area (Å²) in [6.07, 6.45) is 1.56. The number of pyridine rings is 1. The molecular weight excluding hydrogens is 292 g/mol. The zero-order chi connectivity index (χ0) is 13.0.